The summed E-state index contributed by atoms with van der Waals surface area (Å²) in [4.78, 5) is 17.2. The van der Waals surface area contributed by atoms with Crippen LogP contribution in [0.5, 0.6) is 11.5 Å². The molecule has 1 heterocycles. The van der Waals surface area contributed by atoms with Crippen LogP contribution in [-0.4, -0.2) is 30.2 Å². The maximum Gasteiger partial charge on any atom is 0.257 e. The first-order valence-corrected chi connectivity index (χ1v) is 11.7. The minimum atomic E-state index is -0.358. The normalized spacial score (nSPS) is 11.7. The van der Waals surface area contributed by atoms with Crippen molar-refractivity contribution >= 4 is 40.0 Å². The number of rotatable bonds is 7. The van der Waals surface area contributed by atoms with E-state index in [0.717, 1.165) is 28.8 Å². The van der Waals surface area contributed by atoms with E-state index in [1.165, 1.54) is 19.8 Å². The largest absolute Gasteiger partial charge is 0.493 e. The predicted molar refractivity (Wildman–Crippen MR) is 141 cm³/mol. The molecule has 3 aromatic carbocycles. The molecular formula is C27H27N3O4S. The van der Waals surface area contributed by atoms with Crippen LogP contribution in [0.15, 0.2) is 65.1 Å². The number of carbonyl (C=O) groups is 1. The summed E-state index contributed by atoms with van der Waals surface area (Å²) in [6, 6.07) is 18.5. The van der Waals surface area contributed by atoms with Crippen LogP contribution in [0.25, 0.3) is 22.6 Å². The molecule has 0 aliphatic rings. The fourth-order valence-corrected chi connectivity index (χ4v) is 3.83. The van der Waals surface area contributed by atoms with Gasteiger partial charge in [0.05, 0.1) is 14.2 Å². The monoisotopic (exact) mass is 489 g/mol. The molecule has 2 N–H and O–H groups in total. The molecule has 0 radical (unpaired) electrons. The van der Waals surface area contributed by atoms with Crippen LogP contribution in [0, 0.1) is 0 Å². The molecule has 0 unspecified atom stereocenters. The zero-order valence-corrected chi connectivity index (χ0v) is 20.9. The third-order valence-corrected chi connectivity index (χ3v) is 6.06. The van der Waals surface area contributed by atoms with Gasteiger partial charge in [-0.15, -0.1) is 0 Å². The second-order valence-electron chi connectivity index (χ2n) is 8.11. The molecule has 1 aromatic heterocycles. The van der Waals surface area contributed by atoms with Gasteiger partial charge in [-0.1, -0.05) is 19.9 Å². The maximum atomic E-state index is 12.6. The Morgan fingerprint density at radius 3 is 2.46 bits per heavy atom. The predicted octanol–water partition coefficient (Wildman–Crippen LogP) is 6.15. The molecular weight excluding hydrogens is 462 g/mol. The number of oxazole rings is 1. The Morgan fingerprint density at radius 1 is 1.03 bits per heavy atom. The standard InChI is InChI=1S/C27H27N3O4S/c1-5-16(2)18-8-12-22-21(14-18)29-26(34-22)17-6-10-20(11-7-17)28-27(35)30-25(31)19-9-13-23(32-3)24(15-19)33-4/h6-16H,5H2,1-4H3,(H2,28,30,31,35)/t16-/m1/s1. The van der Waals surface area contributed by atoms with Gasteiger partial charge < -0.3 is 19.2 Å². The van der Waals surface area contributed by atoms with E-state index in [1.807, 2.05) is 30.3 Å². The van der Waals surface area contributed by atoms with Gasteiger partial charge in [0, 0.05) is 16.8 Å². The van der Waals surface area contributed by atoms with Gasteiger partial charge in [0.15, 0.2) is 22.2 Å². The Hall–Kier alpha value is -3.91. The molecule has 0 fully saturated rings. The van der Waals surface area contributed by atoms with Gasteiger partial charge in [-0.2, -0.15) is 0 Å². The number of amides is 1. The van der Waals surface area contributed by atoms with Crippen molar-refractivity contribution in [1.82, 2.24) is 10.3 Å². The number of aromatic nitrogens is 1. The molecule has 0 spiro atoms. The van der Waals surface area contributed by atoms with Crippen molar-refractivity contribution in [2.45, 2.75) is 26.2 Å². The van der Waals surface area contributed by atoms with Gasteiger partial charge in [-0.25, -0.2) is 4.98 Å². The van der Waals surface area contributed by atoms with E-state index < -0.39 is 0 Å². The number of hydrogen-bond donors (Lipinski definition) is 2. The summed E-state index contributed by atoms with van der Waals surface area (Å²) >= 11 is 5.31. The first-order valence-electron chi connectivity index (χ1n) is 11.3. The van der Waals surface area contributed by atoms with Gasteiger partial charge in [0.1, 0.15) is 5.52 Å². The number of nitrogens with one attached hydrogen (secondary N) is 2. The Kier molecular flexibility index (Phi) is 7.31. The highest BCUT2D eigenvalue weighted by molar-refractivity contribution is 7.80. The van der Waals surface area contributed by atoms with Crippen molar-refractivity contribution in [3.05, 3.63) is 71.8 Å². The Labute approximate surface area is 209 Å². The molecule has 7 nitrogen and oxygen atoms in total. The highest BCUT2D eigenvalue weighted by atomic mass is 32.1. The Balaban J connectivity index is 1.42. The summed E-state index contributed by atoms with van der Waals surface area (Å²) in [5.74, 6) is 1.67. The van der Waals surface area contributed by atoms with Crippen molar-refractivity contribution < 1.29 is 18.7 Å². The number of ether oxygens (including phenoxy) is 2. The van der Waals surface area contributed by atoms with Gasteiger partial charge >= 0.3 is 0 Å². The van der Waals surface area contributed by atoms with E-state index in [4.69, 9.17) is 26.1 Å². The number of carbonyl (C=O) groups excluding carboxylic acids is 1. The van der Waals surface area contributed by atoms with Crippen LogP contribution in [0.4, 0.5) is 5.69 Å². The fraction of sp³-hybridized carbons (Fsp3) is 0.222. The molecule has 1 amide bonds. The van der Waals surface area contributed by atoms with Crippen molar-refractivity contribution in [1.29, 1.82) is 0 Å². The maximum absolute atomic E-state index is 12.6. The van der Waals surface area contributed by atoms with Crippen LogP contribution in [-0.2, 0) is 0 Å². The molecule has 180 valence electrons. The van der Waals surface area contributed by atoms with Crippen molar-refractivity contribution in [2.24, 2.45) is 0 Å². The third kappa shape index (κ3) is 5.44. The zero-order chi connectivity index (χ0) is 24.9. The summed E-state index contributed by atoms with van der Waals surface area (Å²) in [6.45, 7) is 4.38. The van der Waals surface area contributed by atoms with Gasteiger partial charge in [0.2, 0.25) is 5.89 Å². The average molecular weight is 490 g/mol. The topological polar surface area (TPSA) is 85.6 Å². The minimum Gasteiger partial charge on any atom is -0.493 e. The molecule has 4 aromatic rings. The molecule has 4 rings (SSSR count). The van der Waals surface area contributed by atoms with E-state index >= 15 is 0 Å². The lowest BCUT2D eigenvalue weighted by Gasteiger charge is -2.12. The summed E-state index contributed by atoms with van der Waals surface area (Å²) < 4.78 is 16.4. The summed E-state index contributed by atoms with van der Waals surface area (Å²) in [5, 5.41) is 5.87. The zero-order valence-electron chi connectivity index (χ0n) is 20.0. The minimum absolute atomic E-state index is 0.178. The summed E-state index contributed by atoms with van der Waals surface area (Å²) in [6.07, 6.45) is 1.07. The number of anilines is 1. The second-order valence-corrected chi connectivity index (χ2v) is 8.52. The SMILES string of the molecule is CC[C@@H](C)c1ccc2oc(-c3ccc(NC(=S)NC(=O)c4ccc(OC)c(OC)c4)cc3)nc2c1. The Morgan fingerprint density at radius 2 is 1.77 bits per heavy atom. The first kappa shape index (κ1) is 24.2. The average Bonchev–Trinajstić information content (AvgIpc) is 3.31. The number of methoxy groups -OCH3 is 2. The van der Waals surface area contributed by atoms with Crippen molar-refractivity contribution in [3.63, 3.8) is 0 Å². The lowest BCUT2D eigenvalue weighted by Crippen LogP contribution is -2.34. The molecule has 1 atom stereocenters. The number of thiocarbonyl (C=S) groups is 1. The van der Waals surface area contributed by atoms with Crippen LogP contribution >= 0.6 is 12.2 Å². The molecule has 0 aliphatic heterocycles. The highest BCUT2D eigenvalue weighted by Crippen LogP contribution is 2.29. The van der Waals surface area contributed by atoms with Crippen LogP contribution in [0.2, 0.25) is 0 Å². The van der Waals surface area contributed by atoms with E-state index in [9.17, 15) is 4.79 Å². The van der Waals surface area contributed by atoms with Crippen LogP contribution < -0.4 is 20.1 Å². The van der Waals surface area contributed by atoms with Crippen molar-refractivity contribution in [2.75, 3.05) is 19.5 Å². The molecule has 0 bridgehead atoms. The summed E-state index contributed by atoms with van der Waals surface area (Å²) in [7, 11) is 3.05. The van der Waals surface area contributed by atoms with E-state index in [-0.39, 0.29) is 11.0 Å². The van der Waals surface area contributed by atoms with E-state index in [1.54, 1.807) is 18.2 Å². The molecule has 35 heavy (non-hydrogen) atoms. The number of nitrogens with zero attached hydrogens (tertiary/aromatic N) is 1. The smallest absolute Gasteiger partial charge is 0.257 e. The Bertz CT molecular complexity index is 1360. The third-order valence-electron chi connectivity index (χ3n) is 5.86. The summed E-state index contributed by atoms with van der Waals surface area (Å²) in [5.41, 5.74) is 4.82. The van der Waals surface area contributed by atoms with E-state index in [2.05, 4.69) is 41.6 Å². The number of hydrogen-bond acceptors (Lipinski definition) is 6. The lowest BCUT2D eigenvalue weighted by molar-refractivity contribution is 0.0977. The quantitative estimate of drug-likeness (QED) is 0.301. The van der Waals surface area contributed by atoms with Gasteiger partial charge in [0.25, 0.3) is 5.91 Å². The first-order chi connectivity index (χ1) is 16.9. The lowest BCUT2D eigenvalue weighted by atomic mass is 9.98. The highest BCUT2D eigenvalue weighted by Gasteiger charge is 2.13. The second kappa shape index (κ2) is 10.6. The van der Waals surface area contributed by atoms with Gasteiger partial charge in [-0.3, -0.25) is 10.1 Å². The molecule has 0 aliphatic carbocycles. The van der Waals surface area contributed by atoms with Crippen molar-refractivity contribution in [3.8, 4) is 23.0 Å². The van der Waals surface area contributed by atoms with Crippen LogP contribution in [0.3, 0.4) is 0 Å². The van der Waals surface area contributed by atoms with Gasteiger partial charge in [-0.05, 0) is 84.7 Å². The molecule has 0 saturated heterocycles. The molecule has 8 heteroatoms. The fourth-order valence-electron chi connectivity index (χ4n) is 3.62. The van der Waals surface area contributed by atoms with Crippen LogP contribution in [0.1, 0.15) is 42.1 Å². The molecule has 0 saturated carbocycles. The number of fused-ring (bicyclic) bond motifs is 1. The van der Waals surface area contributed by atoms with E-state index in [0.29, 0.717) is 28.9 Å². The number of benzene rings is 3.